The number of nitrogens with zero attached hydrogens (tertiary/aromatic N) is 1. The Morgan fingerprint density at radius 3 is 2.33 bits per heavy atom. The van der Waals surface area contributed by atoms with E-state index in [1.807, 2.05) is 6.92 Å². The van der Waals surface area contributed by atoms with Crippen molar-refractivity contribution in [3.63, 3.8) is 0 Å². The van der Waals surface area contributed by atoms with Gasteiger partial charge in [0.15, 0.2) is 14.9 Å². The molecule has 0 aliphatic heterocycles. The molecular weight excluding hydrogens is 332 g/mol. The maximum atomic E-state index is 12.3. The molecule has 0 radical (unpaired) electrons. The highest BCUT2D eigenvalue weighted by atomic mass is 32.2. The van der Waals surface area contributed by atoms with Gasteiger partial charge < -0.3 is 0 Å². The predicted molar refractivity (Wildman–Crippen MR) is 81.9 cm³/mol. The molecule has 2 rings (SSSR count). The summed E-state index contributed by atoms with van der Waals surface area (Å²) in [5.74, 6) is 0. The number of nitrogens with one attached hydrogen (secondary N) is 1. The molecule has 0 atom stereocenters. The molecule has 21 heavy (non-hydrogen) atoms. The summed E-state index contributed by atoms with van der Waals surface area (Å²) in [6, 6.07) is 4.18. The molecule has 0 saturated heterocycles. The van der Waals surface area contributed by atoms with Gasteiger partial charge in [-0.2, -0.15) is 0 Å². The third-order valence-electron chi connectivity index (χ3n) is 2.65. The Labute approximate surface area is 127 Å². The van der Waals surface area contributed by atoms with Crippen molar-refractivity contribution in [2.75, 3.05) is 11.0 Å². The Hall–Kier alpha value is -1.45. The van der Waals surface area contributed by atoms with Crippen LogP contribution in [0.15, 0.2) is 34.3 Å². The summed E-state index contributed by atoms with van der Waals surface area (Å²) < 4.78 is 49.9. The Morgan fingerprint density at radius 1 is 1.14 bits per heavy atom. The first-order valence-electron chi connectivity index (χ1n) is 5.85. The SMILES string of the molecule is Cc1cc(S(=O)(=O)Nc2ccnc(S(C)(=O)=O)c2)c(C)s1. The largest absolute Gasteiger partial charge is 0.279 e. The smallest absolute Gasteiger partial charge is 0.263 e. The lowest BCUT2D eigenvalue weighted by atomic mass is 10.4. The topological polar surface area (TPSA) is 93.2 Å². The van der Waals surface area contributed by atoms with Gasteiger partial charge in [0.2, 0.25) is 0 Å². The summed E-state index contributed by atoms with van der Waals surface area (Å²) in [4.78, 5) is 5.48. The van der Waals surface area contributed by atoms with E-state index in [1.165, 1.54) is 29.7 Å². The van der Waals surface area contributed by atoms with Crippen LogP contribution in [0.25, 0.3) is 0 Å². The van der Waals surface area contributed by atoms with Gasteiger partial charge in [0.1, 0.15) is 4.90 Å². The minimum Gasteiger partial charge on any atom is -0.279 e. The molecule has 0 unspecified atom stereocenters. The second kappa shape index (κ2) is 5.39. The molecule has 2 aromatic heterocycles. The number of thiophene rings is 1. The number of rotatable bonds is 4. The molecule has 0 fully saturated rings. The van der Waals surface area contributed by atoms with Gasteiger partial charge in [-0.15, -0.1) is 11.3 Å². The summed E-state index contributed by atoms with van der Waals surface area (Å²) >= 11 is 1.39. The fourth-order valence-corrected chi connectivity index (χ4v) is 4.96. The molecule has 0 amide bonds. The Bertz CT molecular complexity index is 883. The van der Waals surface area contributed by atoms with Crippen molar-refractivity contribution in [1.82, 2.24) is 4.98 Å². The normalized spacial score (nSPS) is 12.3. The van der Waals surface area contributed by atoms with Gasteiger partial charge >= 0.3 is 0 Å². The summed E-state index contributed by atoms with van der Waals surface area (Å²) in [5.41, 5.74) is 0.161. The number of hydrogen-bond acceptors (Lipinski definition) is 6. The molecule has 0 spiro atoms. The third-order valence-corrected chi connectivity index (χ3v) is 6.24. The van der Waals surface area contributed by atoms with E-state index in [0.717, 1.165) is 11.1 Å². The van der Waals surface area contributed by atoms with E-state index in [9.17, 15) is 16.8 Å². The molecule has 1 N–H and O–H groups in total. The first kappa shape index (κ1) is 15.9. The summed E-state index contributed by atoms with van der Waals surface area (Å²) in [7, 11) is -7.24. The first-order valence-corrected chi connectivity index (χ1v) is 10.0. The Balaban J connectivity index is 2.40. The van der Waals surface area contributed by atoms with Crippen molar-refractivity contribution in [2.24, 2.45) is 0 Å². The van der Waals surface area contributed by atoms with Gasteiger partial charge in [0.05, 0.1) is 5.69 Å². The van der Waals surface area contributed by atoms with Gasteiger partial charge in [-0.05, 0) is 32.0 Å². The summed E-state index contributed by atoms with van der Waals surface area (Å²) in [6.07, 6.45) is 2.26. The van der Waals surface area contributed by atoms with Gasteiger partial charge in [-0.25, -0.2) is 21.8 Å². The Morgan fingerprint density at radius 2 is 1.81 bits per heavy atom. The van der Waals surface area contributed by atoms with E-state index in [4.69, 9.17) is 0 Å². The lowest BCUT2D eigenvalue weighted by Crippen LogP contribution is -2.13. The van der Waals surface area contributed by atoms with Crippen LogP contribution in [0.4, 0.5) is 5.69 Å². The van der Waals surface area contributed by atoms with Crippen LogP contribution in [0.3, 0.4) is 0 Å². The standard InChI is InChI=1S/C12H14N2O4S3/c1-8-6-11(9(2)19-8)21(17,18)14-10-4-5-13-12(7-10)20(3,15)16/h4-7H,1-3H3,(H,13,14). The predicted octanol–water partition coefficient (Wildman–Crippen LogP) is 1.96. The van der Waals surface area contributed by atoms with E-state index in [1.54, 1.807) is 13.0 Å². The van der Waals surface area contributed by atoms with Gasteiger partial charge in [-0.3, -0.25) is 4.72 Å². The highest BCUT2D eigenvalue weighted by Crippen LogP contribution is 2.27. The molecule has 0 bridgehead atoms. The number of sulfone groups is 1. The Kier molecular flexibility index (Phi) is 4.09. The first-order chi connectivity index (χ1) is 9.59. The van der Waals surface area contributed by atoms with Crippen LogP contribution in [0.1, 0.15) is 9.75 Å². The molecule has 6 nitrogen and oxygen atoms in total. The highest BCUT2D eigenvalue weighted by molar-refractivity contribution is 7.93. The van der Waals surface area contributed by atoms with E-state index >= 15 is 0 Å². The molecule has 0 saturated carbocycles. The minimum absolute atomic E-state index is 0.161. The van der Waals surface area contributed by atoms with Crippen LogP contribution in [0.2, 0.25) is 0 Å². The van der Waals surface area contributed by atoms with Gasteiger partial charge in [0, 0.05) is 22.2 Å². The molecule has 0 aliphatic carbocycles. The van der Waals surface area contributed by atoms with E-state index < -0.39 is 19.9 Å². The van der Waals surface area contributed by atoms with Crippen LogP contribution in [0, 0.1) is 13.8 Å². The number of aryl methyl sites for hydroxylation is 2. The lowest BCUT2D eigenvalue weighted by molar-refractivity contribution is 0.596. The highest BCUT2D eigenvalue weighted by Gasteiger charge is 2.20. The average Bonchev–Trinajstić information content (AvgIpc) is 2.68. The van der Waals surface area contributed by atoms with Crippen molar-refractivity contribution < 1.29 is 16.8 Å². The average molecular weight is 346 g/mol. The van der Waals surface area contributed by atoms with Gasteiger partial charge in [0.25, 0.3) is 10.0 Å². The molecule has 0 aromatic carbocycles. The zero-order valence-corrected chi connectivity index (χ0v) is 14.1. The second-order valence-electron chi connectivity index (χ2n) is 4.54. The van der Waals surface area contributed by atoms with Crippen molar-refractivity contribution in [1.29, 1.82) is 0 Å². The zero-order valence-electron chi connectivity index (χ0n) is 11.6. The second-order valence-corrected chi connectivity index (χ2v) is 9.61. The monoisotopic (exact) mass is 346 g/mol. The number of sulfonamides is 1. The van der Waals surface area contributed by atoms with Crippen molar-refractivity contribution in [3.05, 3.63) is 34.2 Å². The fraction of sp³-hybridized carbons (Fsp3) is 0.250. The molecule has 2 heterocycles. The van der Waals surface area contributed by atoms with Gasteiger partial charge in [-0.1, -0.05) is 0 Å². The number of pyridine rings is 1. The van der Waals surface area contributed by atoms with Crippen molar-refractivity contribution in [3.8, 4) is 0 Å². The maximum absolute atomic E-state index is 12.3. The lowest BCUT2D eigenvalue weighted by Gasteiger charge is -2.08. The fourth-order valence-electron chi connectivity index (χ4n) is 1.76. The van der Waals surface area contributed by atoms with E-state index in [0.29, 0.717) is 4.88 Å². The summed E-state index contributed by atoms with van der Waals surface area (Å²) in [5, 5.41) is -0.180. The van der Waals surface area contributed by atoms with Crippen LogP contribution in [-0.2, 0) is 19.9 Å². The van der Waals surface area contributed by atoms with Crippen LogP contribution in [0.5, 0.6) is 0 Å². The summed E-state index contributed by atoms with van der Waals surface area (Å²) in [6.45, 7) is 3.55. The molecular formula is C12H14N2O4S3. The number of hydrogen-bond donors (Lipinski definition) is 1. The number of anilines is 1. The van der Waals surface area contributed by atoms with E-state index in [2.05, 4.69) is 9.71 Å². The quantitative estimate of drug-likeness (QED) is 0.913. The van der Waals surface area contributed by atoms with Crippen LogP contribution < -0.4 is 4.72 Å². The van der Waals surface area contributed by atoms with Crippen LogP contribution >= 0.6 is 11.3 Å². The molecule has 0 aliphatic rings. The number of aromatic nitrogens is 1. The molecule has 114 valence electrons. The third kappa shape index (κ3) is 3.60. The maximum Gasteiger partial charge on any atom is 0.263 e. The van der Waals surface area contributed by atoms with Crippen molar-refractivity contribution >= 4 is 36.9 Å². The zero-order chi connectivity index (χ0) is 15.8. The molecule has 9 heteroatoms. The molecule has 2 aromatic rings. The van der Waals surface area contributed by atoms with Crippen molar-refractivity contribution in [2.45, 2.75) is 23.8 Å². The van der Waals surface area contributed by atoms with Crippen LogP contribution in [-0.4, -0.2) is 28.1 Å². The van der Waals surface area contributed by atoms with E-state index in [-0.39, 0.29) is 15.6 Å². The minimum atomic E-state index is -3.75.